The molecule has 14 heavy (non-hydrogen) atoms. The number of unbranched alkanes of at least 4 members (excludes halogenated alkanes) is 2. The number of thiophene rings is 1. The summed E-state index contributed by atoms with van der Waals surface area (Å²) < 4.78 is 0. The van der Waals surface area contributed by atoms with E-state index in [1.807, 2.05) is 23.6 Å². The average Bonchev–Trinajstić information content (AvgIpc) is 2.60. The van der Waals surface area contributed by atoms with Crippen LogP contribution in [0.5, 0.6) is 0 Å². The van der Waals surface area contributed by atoms with Crippen LogP contribution in [0.3, 0.4) is 0 Å². The molecule has 1 heterocycles. The van der Waals surface area contributed by atoms with Gasteiger partial charge in [-0.1, -0.05) is 31.9 Å². The fraction of sp³-hybridized carbons (Fsp3) is 0.364. The van der Waals surface area contributed by atoms with Crippen molar-refractivity contribution in [3.63, 3.8) is 0 Å². The summed E-state index contributed by atoms with van der Waals surface area (Å²) in [5.74, 6) is -0.838. The highest BCUT2D eigenvalue weighted by atomic mass is 32.1. The van der Waals surface area contributed by atoms with Crippen LogP contribution in [0, 0.1) is 0 Å². The highest BCUT2D eigenvalue weighted by molar-refractivity contribution is 7.12. The van der Waals surface area contributed by atoms with Crippen LogP contribution in [-0.2, 0) is 0 Å². The summed E-state index contributed by atoms with van der Waals surface area (Å²) in [6, 6.07) is 1.84. The van der Waals surface area contributed by atoms with Gasteiger partial charge in [-0.3, -0.25) is 0 Å². The van der Waals surface area contributed by atoms with E-state index in [0.29, 0.717) is 4.88 Å². The molecule has 1 aromatic heterocycles. The van der Waals surface area contributed by atoms with Crippen molar-refractivity contribution in [2.75, 3.05) is 0 Å². The van der Waals surface area contributed by atoms with E-state index < -0.39 is 5.97 Å². The van der Waals surface area contributed by atoms with Crippen LogP contribution in [0.4, 0.5) is 0 Å². The number of hydrogen-bond donors (Lipinski definition) is 1. The molecule has 0 bridgehead atoms. The Morgan fingerprint density at radius 3 is 3.07 bits per heavy atom. The molecule has 0 aliphatic carbocycles. The van der Waals surface area contributed by atoms with Gasteiger partial charge in [0.15, 0.2) is 0 Å². The Hall–Kier alpha value is -1.09. The molecule has 1 N–H and O–H groups in total. The third kappa shape index (κ3) is 3.00. The van der Waals surface area contributed by atoms with E-state index in [2.05, 4.69) is 6.92 Å². The largest absolute Gasteiger partial charge is 0.477 e. The van der Waals surface area contributed by atoms with Crippen LogP contribution in [0.25, 0.3) is 6.08 Å². The minimum atomic E-state index is -0.838. The quantitative estimate of drug-likeness (QED) is 0.753. The molecule has 0 aliphatic heterocycles. The lowest BCUT2D eigenvalue weighted by molar-refractivity contribution is 0.0702. The Morgan fingerprint density at radius 1 is 1.64 bits per heavy atom. The molecule has 2 nitrogen and oxygen atoms in total. The zero-order valence-electron chi connectivity index (χ0n) is 8.19. The monoisotopic (exact) mass is 210 g/mol. The number of hydrogen-bond acceptors (Lipinski definition) is 2. The molecule has 0 aliphatic rings. The molecule has 0 saturated carbocycles. The highest BCUT2D eigenvalue weighted by Gasteiger charge is 2.08. The summed E-state index contributed by atoms with van der Waals surface area (Å²) >= 11 is 1.27. The number of carbonyl (C=O) groups is 1. The van der Waals surface area contributed by atoms with Gasteiger partial charge in [0.2, 0.25) is 0 Å². The first-order chi connectivity index (χ1) is 6.75. The molecule has 1 rings (SSSR count). The Kier molecular flexibility index (Phi) is 4.40. The van der Waals surface area contributed by atoms with Gasteiger partial charge in [-0.25, -0.2) is 4.79 Å². The maximum absolute atomic E-state index is 10.7. The van der Waals surface area contributed by atoms with Crippen molar-refractivity contribution in [2.24, 2.45) is 0 Å². The first-order valence-electron chi connectivity index (χ1n) is 4.73. The average molecular weight is 210 g/mol. The summed E-state index contributed by atoms with van der Waals surface area (Å²) in [6.07, 6.45) is 7.28. The third-order valence-electron chi connectivity index (χ3n) is 1.91. The summed E-state index contributed by atoms with van der Waals surface area (Å²) in [7, 11) is 0. The minimum absolute atomic E-state index is 0.428. The number of allylic oxidation sites excluding steroid dienone is 1. The molecule has 0 saturated heterocycles. The first kappa shape index (κ1) is 11.0. The Labute approximate surface area is 87.9 Å². The van der Waals surface area contributed by atoms with Gasteiger partial charge in [0.25, 0.3) is 0 Å². The van der Waals surface area contributed by atoms with Crippen LogP contribution in [0.15, 0.2) is 17.5 Å². The summed E-state index contributed by atoms with van der Waals surface area (Å²) in [6.45, 7) is 2.14. The topological polar surface area (TPSA) is 37.3 Å². The molecule has 0 spiro atoms. The van der Waals surface area contributed by atoms with Gasteiger partial charge in [0, 0.05) is 0 Å². The van der Waals surface area contributed by atoms with Gasteiger partial charge >= 0.3 is 5.97 Å². The standard InChI is InChI=1S/C11H14O2S/c1-2-3-4-5-6-9-7-8-14-10(9)11(12)13/h5-8H,2-4H2,1H3,(H,12,13). The Bertz CT molecular complexity index is 326. The molecule has 0 atom stereocenters. The third-order valence-corrected chi connectivity index (χ3v) is 2.83. The molecule has 0 fully saturated rings. The van der Waals surface area contributed by atoms with E-state index in [1.165, 1.54) is 17.8 Å². The number of carboxylic acids is 1. The zero-order chi connectivity index (χ0) is 10.4. The maximum Gasteiger partial charge on any atom is 0.346 e. The van der Waals surface area contributed by atoms with Crippen LogP contribution < -0.4 is 0 Å². The molecular weight excluding hydrogens is 196 g/mol. The number of aromatic carboxylic acids is 1. The highest BCUT2D eigenvalue weighted by Crippen LogP contribution is 2.18. The van der Waals surface area contributed by atoms with E-state index in [4.69, 9.17) is 5.11 Å². The lowest BCUT2D eigenvalue weighted by atomic mass is 10.2. The van der Waals surface area contributed by atoms with Crippen molar-refractivity contribution >= 4 is 23.4 Å². The van der Waals surface area contributed by atoms with Crippen molar-refractivity contribution < 1.29 is 9.90 Å². The lowest BCUT2D eigenvalue weighted by Crippen LogP contribution is -1.93. The second-order valence-electron chi connectivity index (χ2n) is 3.05. The van der Waals surface area contributed by atoms with Gasteiger partial charge < -0.3 is 5.11 Å². The minimum Gasteiger partial charge on any atom is -0.477 e. The Balaban J connectivity index is 2.62. The molecule has 1 aromatic rings. The van der Waals surface area contributed by atoms with E-state index >= 15 is 0 Å². The smallest absolute Gasteiger partial charge is 0.346 e. The van der Waals surface area contributed by atoms with Gasteiger partial charge in [0.05, 0.1) is 0 Å². The SMILES string of the molecule is CCCCC=Cc1ccsc1C(=O)O. The van der Waals surface area contributed by atoms with E-state index in [1.54, 1.807) is 0 Å². The van der Waals surface area contributed by atoms with E-state index in [9.17, 15) is 4.79 Å². The van der Waals surface area contributed by atoms with Crippen LogP contribution in [-0.4, -0.2) is 11.1 Å². The fourth-order valence-corrected chi connectivity index (χ4v) is 1.88. The number of rotatable bonds is 5. The van der Waals surface area contributed by atoms with Gasteiger partial charge in [-0.05, 0) is 23.4 Å². The van der Waals surface area contributed by atoms with Crippen LogP contribution >= 0.6 is 11.3 Å². The van der Waals surface area contributed by atoms with Crippen LogP contribution in [0.1, 0.15) is 41.4 Å². The van der Waals surface area contributed by atoms with Crippen molar-refractivity contribution in [3.05, 3.63) is 28.0 Å². The molecule has 0 aromatic carbocycles. The summed E-state index contributed by atoms with van der Waals surface area (Å²) in [5, 5.41) is 10.6. The predicted molar refractivity (Wildman–Crippen MR) is 59.8 cm³/mol. The van der Waals surface area contributed by atoms with Gasteiger partial charge in [-0.2, -0.15) is 0 Å². The predicted octanol–water partition coefficient (Wildman–Crippen LogP) is 3.65. The molecule has 0 radical (unpaired) electrons. The van der Waals surface area contributed by atoms with E-state index in [0.717, 1.165) is 18.4 Å². The second-order valence-corrected chi connectivity index (χ2v) is 3.97. The lowest BCUT2D eigenvalue weighted by Gasteiger charge is -1.92. The van der Waals surface area contributed by atoms with Crippen molar-refractivity contribution in [1.29, 1.82) is 0 Å². The maximum atomic E-state index is 10.7. The molecule has 0 amide bonds. The number of carboxylic acid groups (broad SMARTS) is 1. The van der Waals surface area contributed by atoms with E-state index in [-0.39, 0.29) is 0 Å². The summed E-state index contributed by atoms with van der Waals surface area (Å²) in [5.41, 5.74) is 0.818. The molecular formula is C11H14O2S. The van der Waals surface area contributed by atoms with Gasteiger partial charge in [-0.15, -0.1) is 11.3 Å². The normalized spacial score (nSPS) is 10.9. The zero-order valence-corrected chi connectivity index (χ0v) is 9.01. The first-order valence-corrected chi connectivity index (χ1v) is 5.61. The van der Waals surface area contributed by atoms with Crippen molar-refractivity contribution in [2.45, 2.75) is 26.2 Å². The summed E-state index contributed by atoms with van der Waals surface area (Å²) in [4.78, 5) is 11.2. The second kappa shape index (κ2) is 5.60. The molecule has 76 valence electrons. The Morgan fingerprint density at radius 2 is 2.43 bits per heavy atom. The van der Waals surface area contributed by atoms with Crippen molar-refractivity contribution in [3.8, 4) is 0 Å². The molecule has 0 unspecified atom stereocenters. The molecule has 3 heteroatoms. The van der Waals surface area contributed by atoms with Crippen molar-refractivity contribution in [1.82, 2.24) is 0 Å². The fourth-order valence-electron chi connectivity index (χ4n) is 1.16. The van der Waals surface area contributed by atoms with Gasteiger partial charge in [0.1, 0.15) is 4.88 Å². The van der Waals surface area contributed by atoms with Crippen LogP contribution in [0.2, 0.25) is 0 Å².